The molecule has 8 heteroatoms. The van der Waals surface area contributed by atoms with E-state index in [2.05, 4.69) is 21.4 Å². The van der Waals surface area contributed by atoms with Gasteiger partial charge in [0.05, 0.1) is 16.8 Å². The van der Waals surface area contributed by atoms with Crippen LogP contribution in [0.2, 0.25) is 0 Å². The zero-order chi connectivity index (χ0) is 23.0. The number of aromatic nitrogens is 2. The summed E-state index contributed by atoms with van der Waals surface area (Å²) in [5, 5.41) is 14.8. The molecule has 2 N–H and O–H groups in total. The van der Waals surface area contributed by atoms with Gasteiger partial charge < -0.3 is 10.3 Å². The zero-order valence-electron chi connectivity index (χ0n) is 16.9. The fourth-order valence-corrected chi connectivity index (χ4v) is 4.46. The first-order valence-corrected chi connectivity index (χ1v) is 10.7. The number of fused-ring (bicyclic) bond motifs is 2. The number of nitrogens with one attached hydrogen (secondary N) is 2. The van der Waals surface area contributed by atoms with Gasteiger partial charge in [-0.05, 0) is 54.1 Å². The Bertz CT molecular complexity index is 1540. The summed E-state index contributed by atoms with van der Waals surface area (Å²) in [7, 11) is 0. The van der Waals surface area contributed by atoms with Gasteiger partial charge in [0.1, 0.15) is 10.9 Å². The quantitative estimate of drug-likeness (QED) is 0.290. The van der Waals surface area contributed by atoms with Crippen LogP contribution in [0.15, 0.2) is 67.0 Å². The molecule has 0 aliphatic carbocycles. The Morgan fingerprint density at radius 2 is 1.85 bits per heavy atom. The van der Waals surface area contributed by atoms with Crippen molar-refractivity contribution in [3.63, 3.8) is 0 Å². The standard InChI is InChI=1S/C25H15F3N4S/c26-25(27,28)18-4-1-15(2-5-18)3-7-20-12-21-23(17(13-29)14-31-24(21)33-20)32-19-6-8-22-16(11-19)9-10-30-22/h1-12,14,30H,(H,31,32)/b7-3+. The summed E-state index contributed by atoms with van der Waals surface area (Å²) in [6.07, 6.45) is 2.64. The topological polar surface area (TPSA) is 64.5 Å². The highest BCUT2D eigenvalue weighted by atomic mass is 32.1. The van der Waals surface area contributed by atoms with Crippen molar-refractivity contribution < 1.29 is 13.2 Å². The van der Waals surface area contributed by atoms with Crippen LogP contribution in [-0.4, -0.2) is 9.97 Å². The largest absolute Gasteiger partial charge is 0.416 e. The summed E-state index contributed by atoms with van der Waals surface area (Å²) < 4.78 is 38.3. The fraction of sp³-hybridized carbons (Fsp3) is 0.0400. The van der Waals surface area contributed by atoms with Crippen molar-refractivity contribution in [3.05, 3.63) is 88.6 Å². The minimum absolute atomic E-state index is 0.424. The molecule has 0 saturated heterocycles. The molecular formula is C25H15F3N4S. The Morgan fingerprint density at radius 3 is 2.61 bits per heavy atom. The van der Waals surface area contributed by atoms with Gasteiger partial charge in [-0.15, -0.1) is 11.3 Å². The third-order valence-corrected chi connectivity index (χ3v) is 6.21. The van der Waals surface area contributed by atoms with E-state index in [1.807, 2.05) is 42.6 Å². The van der Waals surface area contributed by atoms with Crippen molar-refractivity contribution in [2.24, 2.45) is 0 Å². The number of pyridine rings is 1. The van der Waals surface area contributed by atoms with Gasteiger partial charge >= 0.3 is 6.18 Å². The number of hydrogen-bond acceptors (Lipinski definition) is 4. The number of hydrogen-bond donors (Lipinski definition) is 2. The number of anilines is 2. The van der Waals surface area contributed by atoms with Gasteiger partial charge in [0.2, 0.25) is 0 Å². The number of aromatic amines is 1. The lowest BCUT2D eigenvalue weighted by Crippen LogP contribution is -2.03. The molecule has 0 radical (unpaired) electrons. The van der Waals surface area contributed by atoms with Crippen molar-refractivity contribution in [3.8, 4) is 6.07 Å². The molecule has 0 fully saturated rings. The minimum Gasteiger partial charge on any atom is -0.361 e. The normalized spacial score (nSPS) is 11.9. The predicted octanol–water partition coefficient (Wildman–Crippen LogP) is 7.58. The van der Waals surface area contributed by atoms with E-state index >= 15 is 0 Å². The van der Waals surface area contributed by atoms with Crippen molar-refractivity contribution in [2.45, 2.75) is 6.18 Å². The summed E-state index contributed by atoms with van der Waals surface area (Å²) in [5.41, 5.74) is 2.94. The van der Waals surface area contributed by atoms with Gasteiger partial charge in [0, 0.05) is 39.2 Å². The van der Waals surface area contributed by atoms with Gasteiger partial charge in [0.25, 0.3) is 0 Å². The molecule has 5 aromatic rings. The van der Waals surface area contributed by atoms with E-state index in [0.717, 1.165) is 43.8 Å². The molecule has 0 spiro atoms. The number of benzene rings is 2. The third kappa shape index (κ3) is 4.19. The van der Waals surface area contributed by atoms with Crippen LogP contribution < -0.4 is 5.32 Å². The van der Waals surface area contributed by atoms with Crippen molar-refractivity contribution >= 4 is 56.0 Å². The number of H-pyrrole nitrogens is 1. The van der Waals surface area contributed by atoms with Gasteiger partial charge in [-0.3, -0.25) is 0 Å². The van der Waals surface area contributed by atoms with Crippen LogP contribution in [-0.2, 0) is 6.18 Å². The number of rotatable bonds is 4. The summed E-state index contributed by atoms with van der Waals surface area (Å²) in [5.74, 6) is 0. The second-order valence-corrected chi connectivity index (χ2v) is 8.45. The SMILES string of the molecule is N#Cc1cnc2sc(/C=C/c3ccc(C(F)(F)F)cc3)cc2c1Nc1ccc2[nH]ccc2c1. The maximum Gasteiger partial charge on any atom is 0.416 e. The van der Waals surface area contributed by atoms with Crippen LogP contribution in [0, 0.1) is 11.3 Å². The Labute approximate surface area is 190 Å². The molecule has 4 nitrogen and oxygen atoms in total. The molecule has 0 aliphatic rings. The second kappa shape index (κ2) is 8.11. The molecule has 0 unspecified atom stereocenters. The first-order chi connectivity index (χ1) is 15.9. The fourth-order valence-electron chi connectivity index (χ4n) is 3.55. The minimum atomic E-state index is -4.35. The molecule has 0 amide bonds. The summed E-state index contributed by atoms with van der Waals surface area (Å²) in [6, 6.07) is 17.0. The first kappa shape index (κ1) is 20.8. The summed E-state index contributed by atoms with van der Waals surface area (Å²) in [6.45, 7) is 0. The molecule has 162 valence electrons. The lowest BCUT2D eigenvalue weighted by Gasteiger charge is -2.09. The first-order valence-electron chi connectivity index (χ1n) is 9.93. The summed E-state index contributed by atoms with van der Waals surface area (Å²) >= 11 is 1.44. The average Bonchev–Trinajstić information content (AvgIpc) is 3.44. The molecule has 0 aliphatic heterocycles. The number of nitrogens with zero attached hydrogens (tertiary/aromatic N) is 2. The average molecular weight is 460 g/mol. The van der Waals surface area contributed by atoms with Gasteiger partial charge in [-0.2, -0.15) is 18.4 Å². The maximum atomic E-state index is 12.8. The number of thiophene rings is 1. The maximum absolute atomic E-state index is 12.8. The van der Waals surface area contributed by atoms with Crippen molar-refractivity contribution in [2.75, 3.05) is 5.32 Å². The highest BCUT2D eigenvalue weighted by Crippen LogP contribution is 2.35. The van der Waals surface area contributed by atoms with Crippen LogP contribution >= 0.6 is 11.3 Å². The Hall–Kier alpha value is -4.09. The van der Waals surface area contributed by atoms with E-state index in [1.54, 1.807) is 12.3 Å². The van der Waals surface area contributed by atoms with Crippen LogP contribution in [0.4, 0.5) is 24.5 Å². The smallest absolute Gasteiger partial charge is 0.361 e. The van der Waals surface area contributed by atoms with Crippen molar-refractivity contribution in [1.29, 1.82) is 5.26 Å². The monoisotopic (exact) mass is 460 g/mol. The number of alkyl halides is 3. The van der Waals surface area contributed by atoms with Gasteiger partial charge in [0.15, 0.2) is 0 Å². The van der Waals surface area contributed by atoms with Gasteiger partial charge in [-0.25, -0.2) is 4.98 Å². The number of halogens is 3. The van der Waals surface area contributed by atoms with Crippen LogP contribution in [0.3, 0.4) is 0 Å². The zero-order valence-corrected chi connectivity index (χ0v) is 17.8. The lowest BCUT2D eigenvalue weighted by atomic mass is 10.1. The lowest BCUT2D eigenvalue weighted by molar-refractivity contribution is -0.137. The van der Waals surface area contributed by atoms with E-state index in [9.17, 15) is 18.4 Å². The predicted molar refractivity (Wildman–Crippen MR) is 126 cm³/mol. The number of nitriles is 1. The summed E-state index contributed by atoms with van der Waals surface area (Å²) in [4.78, 5) is 9.18. The molecule has 2 aromatic carbocycles. The molecule has 0 bridgehead atoms. The van der Waals surface area contributed by atoms with Crippen molar-refractivity contribution in [1.82, 2.24) is 9.97 Å². The van der Waals surface area contributed by atoms with E-state index < -0.39 is 11.7 Å². The molecule has 3 heterocycles. The Kier molecular flexibility index (Phi) is 5.11. The highest BCUT2D eigenvalue weighted by molar-refractivity contribution is 7.19. The van der Waals surface area contributed by atoms with Crippen LogP contribution in [0.1, 0.15) is 21.6 Å². The van der Waals surface area contributed by atoms with E-state index in [1.165, 1.54) is 23.5 Å². The Balaban J connectivity index is 1.47. The van der Waals surface area contributed by atoms with E-state index in [-0.39, 0.29) is 0 Å². The molecule has 3 aromatic heterocycles. The molecule has 33 heavy (non-hydrogen) atoms. The van der Waals surface area contributed by atoms with Gasteiger partial charge in [-0.1, -0.05) is 18.2 Å². The second-order valence-electron chi connectivity index (χ2n) is 7.38. The van der Waals surface area contributed by atoms with Crippen LogP contribution in [0.5, 0.6) is 0 Å². The molecule has 0 atom stereocenters. The Morgan fingerprint density at radius 1 is 1.03 bits per heavy atom. The third-order valence-electron chi connectivity index (χ3n) is 5.20. The van der Waals surface area contributed by atoms with E-state index in [0.29, 0.717) is 16.8 Å². The molecule has 0 saturated carbocycles. The van der Waals surface area contributed by atoms with Crippen LogP contribution in [0.25, 0.3) is 33.3 Å². The highest BCUT2D eigenvalue weighted by Gasteiger charge is 2.29. The molecular weight excluding hydrogens is 445 g/mol. The van der Waals surface area contributed by atoms with E-state index in [4.69, 9.17) is 0 Å². The molecule has 5 rings (SSSR count).